The Morgan fingerprint density at radius 1 is 1.33 bits per heavy atom. The van der Waals surface area contributed by atoms with Gasteiger partial charge in [0.25, 0.3) is 5.69 Å². The van der Waals surface area contributed by atoms with Gasteiger partial charge in [-0.1, -0.05) is 6.07 Å². The molecule has 1 aromatic rings. The minimum absolute atomic E-state index is 0. The highest BCUT2D eigenvalue weighted by molar-refractivity contribution is 5.92. The Balaban J connectivity index is 0.00000200. The molecule has 7 nitrogen and oxygen atoms in total. The van der Waals surface area contributed by atoms with E-state index in [1.165, 1.54) is 12.1 Å². The van der Waals surface area contributed by atoms with Crippen molar-refractivity contribution >= 4 is 42.1 Å². The van der Waals surface area contributed by atoms with Crippen molar-refractivity contribution in [3.05, 3.63) is 34.4 Å². The van der Waals surface area contributed by atoms with E-state index in [1.807, 2.05) is 4.90 Å². The molecule has 1 heterocycles. The van der Waals surface area contributed by atoms with Crippen molar-refractivity contribution in [2.45, 2.75) is 0 Å². The fourth-order valence-electron chi connectivity index (χ4n) is 1.97. The maximum atomic E-state index is 11.8. The number of nitrogens with one attached hydrogen (secondary N) is 2. The number of hydrogen-bond donors (Lipinski definition) is 2. The molecule has 0 aliphatic carbocycles. The summed E-state index contributed by atoms with van der Waals surface area (Å²) in [6, 6.07) is 5.95. The van der Waals surface area contributed by atoms with Gasteiger partial charge in [-0.3, -0.25) is 19.8 Å². The van der Waals surface area contributed by atoms with E-state index in [0.29, 0.717) is 12.2 Å². The van der Waals surface area contributed by atoms with E-state index >= 15 is 0 Å². The number of non-ortho nitro benzene ring substituents is 1. The first-order chi connectivity index (χ1) is 9.15. The van der Waals surface area contributed by atoms with E-state index < -0.39 is 4.92 Å². The first-order valence-corrected chi connectivity index (χ1v) is 6.12. The van der Waals surface area contributed by atoms with Gasteiger partial charge in [0.1, 0.15) is 0 Å². The minimum atomic E-state index is -0.480. The molecular formula is C12H18Cl2N4O3. The van der Waals surface area contributed by atoms with Crippen LogP contribution in [0.4, 0.5) is 11.4 Å². The summed E-state index contributed by atoms with van der Waals surface area (Å²) in [5.74, 6) is -0.151. The van der Waals surface area contributed by atoms with Crippen molar-refractivity contribution < 1.29 is 9.72 Å². The van der Waals surface area contributed by atoms with Crippen LogP contribution in [0.5, 0.6) is 0 Å². The number of nitrogens with zero attached hydrogens (tertiary/aromatic N) is 2. The second kappa shape index (κ2) is 9.51. The van der Waals surface area contributed by atoms with Crippen LogP contribution in [0.25, 0.3) is 0 Å². The third-order valence-electron chi connectivity index (χ3n) is 2.92. The van der Waals surface area contributed by atoms with Crippen molar-refractivity contribution in [1.29, 1.82) is 0 Å². The van der Waals surface area contributed by atoms with Crippen molar-refractivity contribution in [3.63, 3.8) is 0 Å². The molecule has 118 valence electrons. The molecule has 2 N–H and O–H groups in total. The molecule has 1 aliphatic rings. The van der Waals surface area contributed by atoms with Gasteiger partial charge < -0.3 is 10.6 Å². The van der Waals surface area contributed by atoms with Crippen molar-refractivity contribution in [1.82, 2.24) is 10.2 Å². The molecule has 0 atom stereocenters. The summed E-state index contributed by atoms with van der Waals surface area (Å²) in [7, 11) is 0. The van der Waals surface area contributed by atoms with Crippen LogP contribution >= 0.6 is 24.8 Å². The van der Waals surface area contributed by atoms with E-state index in [2.05, 4.69) is 10.6 Å². The van der Waals surface area contributed by atoms with Crippen molar-refractivity contribution in [3.8, 4) is 0 Å². The SMILES string of the molecule is Cl.Cl.O=C(CN1CCNCC1)Nc1cccc([N+](=O)[O-])c1. The lowest BCUT2D eigenvalue weighted by Crippen LogP contribution is -2.46. The molecule has 21 heavy (non-hydrogen) atoms. The monoisotopic (exact) mass is 336 g/mol. The molecule has 0 saturated carbocycles. The molecule has 1 amide bonds. The maximum absolute atomic E-state index is 11.8. The van der Waals surface area contributed by atoms with Crippen LogP contribution in [0.1, 0.15) is 0 Å². The molecule has 0 radical (unpaired) electrons. The van der Waals surface area contributed by atoms with Gasteiger partial charge in [-0.15, -0.1) is 24.8 Å². The largest absolute Gasteiger partial charge is 0.325 e. The molecule has 0 aromatic heterocycles. The molecular weight excluding hydrogens is 319 g/mol. The zero-order chi connectivity index (χ0) is 13.7. The van der Waals surface area contributed by atoms with Crippen molar-refractivity contribution in [2.24, 2.45) is 0 Å². The number of nitro groups is 1. The number of hydrogen-bond acceptors (Lipinski definition) is 5. The van der Waals surface area contributed by atoms with Crippen LogP contribution in [0.2, 0.25) is 0 Å². The smallest absolute Gasteiger partial charge is 0.271 e. The lowest BCUT2D eigenvalue weighted by atomic mass is 10.2. The number of nitro benzene ring substituents is 1. The van der Waals surface area contributed by atoms with Gasteiger partial charge in [-0.25, -0.2) is 0 Å². The molecule has 0 spiro atoms. The number of rotatable bonds is 4. The average Bonchev–Trinajstić information content (AvgIpc) is 2.40. The Morgan fingerprint density at radius 3 is 2.62 bits per heavy atom. The topological polar surface area (TPSA) is 87.5 Å². The molecule has 1 aliphatic heterocycles. The van der Waals surface area contributed by atoms with Gasteiger partial charge in [-0.2, -0.15) is 0 Å². The third kappa shape index (κ3) is 6.26. The van der Waals surface area contributed by atoms with Gasteiger partial charge in [-0.05, 0) is 6.07 Å². The highest BCUT2D eigenvalue weighted by Gasteiger charge is 2.14. The summed E-state index contributed by atoms with van der Waals surface area (Å²) in [6.07, 6.45) is 0. The van der Waals surface area contributed by atoms with Gasteiger partial charge >= 0.3 is 0 Å². The molecule has 1 saturated heterocycles. The van der Waals surface area contributed by atoms with E-state index in [-0.39, 0.29) is 36.4 Å². The van der Waals surface area contributed by atoms with Gasteiger partial charge in [0.2, 0.25) is 5.91 Å². The number of halogens is 2. The zero-order valence-electron chi connectivity index (χ0n) is 11.3. The van der Waals surface area contributed by atoms with E-state index in [4.69, 9.17) is 0 Å². The second-order valence-corrected chi connectivity index (χ2v) is 4.38. The third-order valence-corrected chi connectivity index (χ3v) is 2.92. The highest BCUT2D eigenvalue weighted by Crippen LogP contribution is 2.16. The van der Waals surface area contributed by atoms with Gasteiger partial charge in [0, 0.05) is 44.0 Å². The number of piperazine rings is 1. The lowest BCUT2D eigenvalue weighted by molar-refractivity contribution is -0.384. The van der Waals surface area contributed by atoms with E-state index in [9.17, 15) is 14.9 Å². The molecule has 2 rings (SSSR count). The van der Waals surface area contributed by atoms with Crippen LogP contribution in [-0.2, 0) is 4.79 Å². The molecule has 0 bridgehead atoms. The number of carbonyl (C=O) groups is 1. The minimum Gasteiger partial charge on any atom is -0.325 e. The summed E-state index contributed by atoms with van der Waals surface area (Å²) >= 11 is 0. The number of carbonyl (C=O) groups excluding carboxylic acids is 1. The number of anilines is 1. The first-order valence-electron chi connectivity index (χ1n) is 6.12. The van der Waals surface area contributed by atoms with Gasteiger partial charge in [0.15, 0.2) is 0 Å². The lowest BCUT2D eigenvalue weighted by Gasteiger charge is -2.26. The Hall–Kier alpha value is -1.41. The average molecular weight is 337 g/mol. The second-order valence-electron chi connectivity index (χ2n) is 4.38. The summed E-state index contributed by atoms with van der Waals surface area (Å²) < 4.78 is 0. The van der Waals surface area contributed by atoms with E-state index in [1.54, 1.807) is 12.1 Å². The van der Waals surface area contributed by atoms with E-state index in [0.717, 1.165) is 26.2 Å². The normalized spacial score (nSPS) is 14.5. The standard InChI is InChI=1S/C12H16N4O3.2ClH/c17-12(9-15-6-4-13-5-7-15)14-10-2-1-3-11(8-10)16(18)19;;/h1-3,8,13H,4-7,9H2,(H,14,17);2*1H. The maximum Gasteiger partial charge on any atom is 0.271 e. The highest BCUT2D eigenvalue weighted by atomic mass is 35.5. The molecule has 1 fully saturated rings. The quantitative estimate of drug-likeness (QED) is 0.638. The Kier molecular flexibility index (Phi) is 8.87. The molecule has 1 aromatic carbocycles. The van der Waals surface area contributed by atoms with Crippen LogP contribution in [0.3, 0.4) is 0 Å². The zero-order valence-corrected chi connectivity index (χ0v) is 12.9. The predicted molar refractivity (Wildman–Crippen MR) is 85.5 cm³/mol. The molecule has 0 unspecified atom stereocenters. The van der Waals surface area contributed by atoms with Crippen molar-refractivity contribution in [2.75, 3.05) is 38.0 Å². The predicted octanol–water partition coefficient (Wildman–Crippen LogP) is 1.28. The van der Waals surface area contributed by atoms with Crippen LogP contribution in [0, 0.1) is 10.1 Å². The summed E-state index contributed by atoms with van der Waals surface area (Å²) in [6.45, 7) is 3.74. The number of benzene rings is 1. The van der Waals surface area contributed by atoms with Crippen LogP contribution < -0.4 is 10.6 Å². The van der Waals surface area contributed by atoms with Gasteiger partial charge in [0.05, 0.1) is 11.5 Å². The first kappa shape index (κ1) is 19.6. The Labute approximate surface area is 135 Å². The summed E-state index contributed by atoms with van der Waals surface area (Å²) in [5, 5.41) is 16.5. The number of amides is 1. The van der Waals surface area contributed by atoms with Crippen LogP contribution in [-0.4, -0.2) is 48.5 Å². The summed E-state index contributed by atoms with van der Waals surface area (Å²) in [4.78, 5) is 24.0. The Morgan fingerprint density at radius 2 is 2.00 bits per heavy atom. The fourth-order valence-corrected chi connectivity index (χ4v) is 1.97. The fraction of sp³-hybridized carbons (Fsp3) is 0.417. The molecule has 9 heteroatoms. The summed E-state index contributed by atoms with van der Waals surface area (Å²) in [5.41, 5.74) is 0.425. The Bertz CT molecular complexity index is 481. The van der Waals surface area contributed by atoms with Crippen LogP contribution in [0.15, 0.2) is 24.3 Å².